The number of carbonyl (C=O) groups excluding carboxylic acids is 4. The highest BCUT2D eigenvalue weighted by Crippen LogP contribution is 2.36. The second kappa shape index (κ2) is 12.7. The summed E-state index contributed by atoms with van der Waals surface area (Å²) in [6.07, 6.45) is 4.73. The smallest absolute Gasteiger partial charge is 0.369 e. The van der Waals surface area contributed by atoms with E-state index in [9.17, 15) is 19.2 Å². The van der Waals surface area contributed by atoms with Gasteiger partial charge >= 0.3 is 11.3 Å². The molecule has 1 aliphatic heterocycles. The average molecular weight is 541 g/mol. The van der Waals surface area contributed by atoms with Crippen LogP contribution in [0, 0.1) is 23.2 Å². The lowest BCUT2D eigenvalue weighted by atomic mass is 9.83. The first-order chi connectivity index (χ1) is 17.0. The van der Waals surface area contributed by atoms with Crippen molar-refractivity contribution in [3.63, 3.8) is 0 Å². The van der Waals surface area contributed by atoms with Crippen LogP contribution < -0.4 is 16.0 Å². The number of thioether (sulfide) groups is 1. The van der Waals surface area contributed by atoms with Crippen LogP contribution >= 0.6 is 11.8 Å². The summed E-state index contributed by atoms with van der Waals surface area (Å²) in [5, 5.41) is 7.95. The third-order valence-corrected chi connectivity index (χ3v) is 8.16. The van der Waals surface area contributed by atoms with Gasteiger partial charge in [-0.3, -0.25) is 9.59 Å². The number of amides is 4. The van der Waals surface area contributed by atoms with Crippen LogP contribution in [0.1, 0.15) is 87.5 Å². The largest absolute Gasteiger partial charge is 0.461 e. The van der Waals surface area contributed by atoms with Gasteiger partial charge in [0.1, 0.15) is 12.1 Å². The lowest BCUT2D eigenvalue weighted by Gasteiger charge is -2.37. The molecule has 1 aliphatic carbocycles. The number of hydrogen-bond donors (Lipinski definition) is 3. The molecule has 4 atom stereocenters. The summed E-state index contributed by atoms with van der Waals surface area (Å²) in [6.45, 7) is 15.9. The van der Waals surface area contributed by atoms with E-state index in [1.165, 1.54) is 13.5 Å². The van der Waals surface area contributed by atoms with E-state index in [4.69, 9.17) is 4.74 Å². The number of methoxy groups -OCH3 is 1. The molecule has 0 aromatic rings. The van der Waals surface area contributed by atoms with Crippen LogP contribution in [0.15, 0.2) is 0 Å². The molecule has 37 heavy (non-hydrogen) atoms. The van der Waals surface area contributed by atoms with Gasteiger partial charge in [0.05, 0.1) is 12.5 Å². The summed E-state index contributed by atoms with van der Waals surface area (Å²) < 4.78 is 4.84. The standard InChI is InChI=1S/C27H48N4O5S/c1-16(2)18-13-14-31(23(33)21(26(3,4)5)29-24(34)30-27(6,7)8)20(18)22(32)28-19(37-25(35)36-9)15-17-11-10-12-17/h16-21H,10-15H2,1-9H3,(H,28,32)(H2,29,30,34)/t18?,19?,20-,21+/m0/s1. The van der Waals surface area contributed by atoms with Crippen molar-refractivity contribution in [3.8, 4) is 0 Å². The van der Waals surface area contributed by atoms with Crippen LogP contribution in [0.3, 0.4) is 0 Å². The van der Waals surface area contributed by atoms with Crippen molar-refractivity contribution in [2.75, 3.05) is 13.7 Å². The molecule has 9 nitrogen and oxygen atoms in total. The molecule has 0 spiro atoms. The van der Waals surface area contributed by atoms with Crippen LogP contribution in [0.25, 0.3) is 0 Å². The molecule has 2 aliphatic rings. The van der Waals surface area contributed by atoms with Crippen LogP contribution in [-0.4, -0.2) is 64.7 Å². The number of rotatable bonds is 8. The third kappa shape index (κ3) is 9.07. The Morgan fingerprint density at radius 3 is 2.08 bits per heavy atom. The first kappa shape index (κ1) is 31.2. The molecule has 3 N–H and O–H groups in total. The molecular weight excluding hydrogens is 492 g/mol. The number of likely N-dealkylation sites (tertiary alicyclic amines) is 1. The molecule has 0 bridgehead atoms. The zero-order chi connectivity index (χ0) is 28.1. The maximum atomic E-state index is 13.9. The van der Waals surface area contributed by atoms with Crippen LogP contribution in [0.4, 0.5) is 9.59 Å². The highest BCUT2D eigenvalue weighted by molar-refractivity contribution is 8.13. The first-order valence-electron chi connectivity index (χ1n) is 13.5. The summed E-state index contributed by atoms with van der Waals surface area (Å²) in [7, 11) is 1.33. The molecule has 10 heteroatoms. The average Bonchev–Trinajstić information content (AvgIpc) is 3.17. The lowest BCUT2D eigenvalue weighted by Crippen LogP contribution is -2.61. The summed E-state index contributed by atoms with van der Waals surface area (Å²) in [5.41, 5.74) is -1.03. The summed E-state index contributed by atoms with van der Waals surface area (Å²) >= 11 is 0.991. The second-order valence-electron chi connectivity index (χ2n) is 12.9. The molecule has 0 aromatic heterocycles. The Hall–Kier alpha value is -1.97. The number of nitrogens with zero attached hydrogens (tertiary/aromatic N) is 1. The number of nitrogens with one attached hydrogen (secondary N) is 3. The van der Waals surface area contributed by atoms with Crippen LogP contribution in [0.2, 0.25) is 0 Å². The van der Waals surface area contributed by atoms with E-state index in [0.717, 1.165) is 24.6 Å². The maximum absolute atomic E-state index is 13.9. The number of carbonyl (C=O) groups is 4. The minimum Gasteiger partial charge on any atom is -0.461 e. The summed E-state index contributed by atoms with van der Waals surface area (Å²) in [4.78, 5) is 54.1. The molecule has 1 saturated heterocycles. The zero-order valence-corrected chi connectivity index (χ0v) is 24.9. The fourth-order valence-electron chi connectivity index (χ4n) is 5.00. The van der Waals surface area contributed by atoms with Gasteiger partial charge in [-0.25, -0.2) is 9.59 Å². The minimum absolute atomic E-state index is 0.0274. The molecule has 1 saturated carbocycles. The molecule has 4 amide bonds. The maximum Gasteiger partial charge on any atom is 0.369 e. The molecule has 2 rings (SSSR count). The van der Waals surface area contributed by atoms with E-state index in [1.54, 1.807) is 4.90 Å². The van der Waals surface area contributed by atoms with Gasteiger partial charge in [-0.2, -0.15) is 0 Å². The Bertz CT molecular complexity index is 832. The highest BCUT2D eigenvalue weighted by Gasteiger charge is 2.47. The van der Waals surface area contributed by atoms with E-state index in [1.807, 2.05) is 41.5 Å². The van der Waals surface area contributed by atoms with Gasteiger partial charge in [0.25, 0.3) is 0 Å². The van der Waals surface area contributed by atoms with Gasteiger partial charge in [-0.05, 0) is 68.5 Å². The van der Waals surface area contributed by atoms with E-state index in [2.05, 4.69) is 29.8 Å². The van der Waals surface area contributed by atoms with Crippen LogP contribution in [0.5, 0.6) is 0 Å². The second-order valence-corrected chi connectivity index (χ2v) is 14.1. The van der Waals surface area contributed by atoms with Crippen molar-refractivity contribution in [2.45, 2.75) is 110 Å². The Labute approximate surface area is 227 Å². The van der Waals surface area contributed by atoms with E-state index in [0.29, 0.717) is 25.3 Å². The van der Waals surface area contributed by atoms with E-state index < -0.39 is 39.7 Å². The van der Waals surface area contributed by atoms with Crippen molar-refractivity contribution >= 4 is 34.9 Å². The quantitative estimate of drug-likeness (QED) is 0.308. The fraction of sp³-hybridized carbons (Fsp3) is 0.852. The topological polar surface area (TPSA) is 117 Å². The number of ether oxygens (including phenoxy) is 1. The Morgan fingerprint density at radius 1 is 1.00 bits per heavy atom. The van der Waals surface area contributed by atoms with Gasteiger partial charge in [0.15, 0.2) is 0 Å². The summed E-state index contributed by atoms with van der Waals surface area (Å²) in [5.74, 6) is 0.103. The molecule has 0 aromatic carbocycles. The van der Waals surface area contributed by atoms with Gasteiger partial charge in [0.2, 0.25) is 11.8 Å². The van der Waals surface area contributed by atoms with Crippen LogP contribution in [-0.2, 0) is 14.3 Å². The minimum atomic E-state index is -0.814. The molecule has 212 valence electrons. The predicted molar refractivity (Wildman–Crippen MR) is 147 cm³/mol. The first-order valence-corrected chi connectivity index (χ1v) is 14.4. The van der Waals surface area contributed by atoms with Crippen molar-refractivity contribution in [1.29, 1.82) is 0 Å². The van der Waals surface area contributed by atoms with Crippen molar-refractivity contribution in [2.24, 2.45) is 23.2 Å². The molecule has 2 fully saturated rings. The lowest BCUT2D eigenvalue weighted by molar-refractivity contribution is -0.143. The van der Waals surface area contributed by atoms with Gasteiger partial charge < -0.3 is 25.6 Å². The molecule has 0 radical (unpaired) electrons. The van der Waals surface area contributed by atoms with Gasteiger partial charge in [0, 0.05) is 12.1 Å². The van der Waals surface area contributed by atoms with Crippen molar-refractivity contribution in [1.82, 2.24) is 20.9 Å². The molecule has 1 heterocycles. The SMILES string of the molecule is COC(=O)SC(CC1CCC1)NC(=O)[C@@H]1C(C(C)C)CCN1C(=O)[C@@H](NC(=O)NC(C)(C)C)C(C)(C)C. The number of hydrogen-bond acceptors (Lipinski definition) is 6. The normalized spacial score (nSPS) is 22.2. The van der Waals surface area contributed by atoms with Gasteiger partial charge in [-0.1, -0.05) is 53.9 Å². The van der Waals surface area contributed by atoms with E-state index in [-0.39, 0.29) is 23.7 Å². The molecule has 2 unspecified atom stereocenters. The number of urea groups is 1. The predicted octanol–water partition coefficient (Wildman–Crippen LogP) is 4.50. The Morgan fingerprint density at radius 2 is 1.62 bits per heavy atom. The summed E-state index contributed by atoms with van der Waals surface area (Å²) in [6, 6.07) is -1.91. The Kier molecular flexibility index (Phi) is 10.7. The van der Waals surface area contributed by atoms with Crippen molar-refractivity contribution < 1.29 is 23.9 Å². The monoisotopic (exact) mass is 540 g/mol. The van der Waals surface area contributed by atoms with E-state index >= 15 is 0 Å². The molecular formula is C27H48N4O5S. The van der Waals surface area contributed by atoms with Gasteiger partial charge in [-0.15, -0.1) is 0 Å². The third-order valence-electron chi connectivity index (χ3n) is 7.21. The highest BCUT2D eigenvalue weighted by atomic mass is 32.2. The zero-order valence-electron chi connectivity index (χ0n) is 24.1. The Balaban J connectivity index is 2.27. The van der Waals surface area contributed by atoms with Crippen molar-refractivity contribution in [3.05, 3.63) is 0 Å². The fourth-order valence-corrected chi connectivity index (χ4v) is 5.87.